The number of Topliss-reactive ketones (excluding diaryl/α,β-unsaturated/α-hetero) is 1. The maximum atomic E-state index is 13.1. The van der Waals surface area contributed by atoms with Crippen molar-refractivity contribution in [1.82, 2.24) is 14.9 Å². The predicted molar refractivity (Wildman–Crippen MR) is 154 cm³/mol. The minimum atomic E-state index is -0.352. The van der Waals surface area contributed by atoms with Crippen LogP contribution in [-0.2, 0) is 4.79 Å². The van der Waals surface area contributed by atoms with Crippen molar-refractivity contribution in [1.29, 1.82) is 0 Å². The minimum absolute atomic E-state index is 0.0815. The monoisotopic (exact) mass is 587 g/mol. The number of ketones is 1. The Balaban J connectivity index is 1.22. The van der Waals surface area contributed by atoms with E-state index in [-0.39, 0.29) is 35.8 Å². The first kappa shape index (κ1) is 27.6. The van der Waals surface area contributed by atoms with Crippen LogP contribution in [0.15, 0.2) is 42.6 Å². The fraction of sp³-hybridized carbons (Fsp3) is 0.357. The van der Waals surface area contributed by atoms with Crippen LogP contribution in [0.2, 0.25) is 15.1 Å². The lowest BCUT2D eigenvalue weighted by Crippen LogP contribution is -2.39. The van der Waals surface area contributed by atoms with E-state index in [1.54, 1.807) is 25.1 Å². The molecule has 3 heterocycles. The summed E-state index contributed by atoms with van der Waals surface area (Å²) in [6.45, 7) is 4.53. The van der Waals surface area contributed by atoms with Crippen molar-refractivity contribution in [2.45, 2.75) is 38.5 Å². The van der Waals surface area contributed by atoms with Crippen molar-refractivity contribution in [2.75, 3.05) is 36.6 Å². The molecule has 0 spiro atoms. The number of anilines is 3. The summed E-state index contributed by atoms with van der Waals surface area (Å²) in [6, 6.07) is 10.9. The molecule has 2 aliphatic heterocycles. The maximum Gasteiger partial charge on any atom is 0.268 e. The number of aromatic nitrogens is 2. The molecule has 1 saturated heterocycles. The molecule has 1 fully saturated rings. The SMILES string of the molecule is CC(=O)CCCN1CCC(c2ccc(Nc3ncc4c(n3)OCN(c3c(Cl)cccc3Cl)C4=O)cc2Cl)CC1. The van der Waals surface area contributed by atoms with Crippen molar-refractivity contribution in [2.24, 2.45) is 0 Å². The van der Waals surface area contributed by atoms with Crippen molar-refractivity contribution < 1.29 is 14.3 Å². The number of fused-ring (bicyclic) bond motifs is 1. The van der Waals surface area contributed by atoms with Crippen LogP contribution in [0.5, 0.6) is 5.88 Å². The first-order valence-corrected chi connectivity index (χ1v) is 14.0. The molecular weight excluding hydrogens is 561 g/mol. The Morgan fingerprint density at radius 3 is 2.54 bits per heavy atom. The van der Waals surface area contributed by atoms with Gasteiger partial charge >= 0.3 is 0 Å². The molecule has 1 N–H and O–H groups in total. The molecule has 0 bridgehead atoms. The van der Waals surface area contributed by atoms with Crippen LogP contribution in [0.4, 0.5) is 17.3 Å². The van der Waals surface area contributed by atoms with E-state index in [1.165, 1.54) is 11.1 Å². The number of nitrogens with zero attached hydrogens (tertiary/aromatic N) is 4. The molecule has 0 unspecified atom stereocenters. The quantitative estimate of drug-likeness (QED) is 0.312. The van der Waals surface area contributed by atoms with E-state index in [0.717, 1.165) is 50.1 Å². The summed E-state index contributed by atoms with van der Waals surface area (Å²) in [4.78, 5) is 36.8. The van der Waals surface area contributed by atoms with E-state index in [0.29, 0.717) is 33.1 Å². The number of likely N-dealkylation sites (tertiary alicyclic amines) is 1. The van der Waals surface area contributed by atoms with Gasteiger partial charge in [0.25, 0.3) is 5.91 Å². The van der Waals surface area contributed by atoms with Crippen molar-refractivity contribution in [3.63, 3.8) is 0 Å². The number of hydrogen-bond acceptors (Lipinski definition) is 7. The van der Waals surface area contributed by atoms with E-state index >= 15 is 0 Å². The third-order valence-electron chi connectivity index (χ3n) is 7.05. The van der Waals surface area contributed by atoms with Gasteiger partial charge in [-0.05, 0) is 81.6 Å². The smallest absolute Gasteiger partial charge is 0.268 e. The first-order chi connectivity index (χ1) is 18.8. The molecular formula is C28H28Cl3N5O3. The Kier molecular flexibility index (Phi) is 8.57. The number of para-hydroxylation sites is 1. The van der Waals surface area contributed by atoms with Crippen LogP contribution in [0.1, 0.15) is 54.4 Å². The number of hydrogen-bond donors (Lipinski definition) is 1. The van der Waals surface area contributed by atoms with Gasteiger partial charge in [-0.3, -0.25) is 9.69 Å². The number of carbonyl (C=O) groups excluding carboxylic acids is 2. The van der Waals surface area contributed by atoms with E-state index in [2.05, 4.69) is 20.2 Å². The van der Waals surface area contributed by atoms with E-state index in [4.69, 9.17) is 39.5 Å². The van der Waals surface area contributed by atoms with Crippen LogP contribution >= 0.6 is 34.8 Å². The summed E-state index contributed by atoms with van der Waals surface area (Å²) in [7, 11) is 0. The zero-order valence-electron chi connectivity index (χ0n) is 21.4. The Bertz CT molecular complexity index is 1370. The van der Waals surface area contributed by atoms with Gasteiger partial charge in [0.15, 0.2) is 6.73 Å². The fourth-order valence-corrected chi connectivity index (χ4v) is 5.95. The molecule has 0 aliphatic carbocycles. The lowest BCUT2D eigenvalue weighted by Gasteiger charge is -2.32. The topological polar surface area (TPSA) is 87.7 Å². The number of rotatable bonds is 8. The van der Waals surface area contributed by atoms with Gasteiger partial charge in [-0.15, -0.1) is 0 Å². The van der Waals surface area contributed by atoms with Gasteiger partial charge in [0.2, 0.25) is 11.8 Å². The van der Waals surface area contributed by atoms with Gasteiger partial charge in [-0.2, -0.15) is 4.98 Å². The zero-order chi connectivity index (χ0) is 27.5. The molecule has 1 aromatic heterocycles. The Morgan fingerprint density at radius 1 is 1.10 bits per heavy atom. The first-order valence-electron chi connectivity index (χ1n) is 12.8. The number of piperidine rings is 1. The summed E-state index contributed by atoms with van der Waals surface area (Å²) in [5, 5.41) is 4.53. The average molecular weight is 589 g/mol. The van der Waals surface area contributed by atoms with Crippen molar-refractivity contribution in [3.8, 4) is 5.88 Å². The highest BCUT2D eigenvalue weighted by Crippen LogP contribution is 2.38. The molecule has 3 aromatic rings. The van der Waals surface area contributed by atoms with Crippen molar-refractivity contribution in [3.05, 3.63) is 68.8 Å². The number of nitrogens with one attached hydrogen (secondary N) is 1. The largest absolute Gasteiger partial charge is 0.455 e. The molecule has 204 valence electrons. The standard InChI is InChI=1S/C28H28Cl3N5O3/c1-17(37)4-3-11-35-12-9-18(10-13-35)20-8-7-19(14-24(20)31)33-28-32-15-21-26(34-28)39-16-36(27(21)38)25-22(29)5-2-6-23(25)30/h2,5-8,14-15,18H,3-4,9-13,16H2,1H3,(H,32,33,34). The number of benzene rings is 2. The number of carbonyl (C=O) groups is 2. The van der Waals surface area contributed by atoms with E-state index in [1.807, 2.05) is 18.2 Å². The van der Waals surface area contributed by atoms with Gasteiger partial charge in [0.1, 0.15) is 11.3 Å². The van der Waals surface area contributed by atoms with Gasteiger partial charge < -0.3 is 19.7 Å². The minimum Gasteiger partial charge on any atom is -0.455 e. The van der Waals surface area contributed by atoms with Crippen LogP contribution in [-0.4, -0.2) is 52.9 Å². The molecule has 0 saturated carbocycles. The molecule has 39 heavy (non-hydrogen) atoms. The van der Waals surface area contributed by atoms with Gasteiger partial charge in [-0.25, -0.2) is 4.98 Å². The normalized spacial score (nSPS) is 16.1. The molecule has 2 aliphatic rings. The number of ether oxygens (including phenoxy) is 1. The lowest BCUT2D eigenvalue weighted by atomic mass is 9.89. The van der Waals surface area contributed by atoms with Crippen LogP contribution in [0.3, 0.4) is 0 Å². The average Bonchev–Trinajstić information content (AvgIpc) is 2.90. The highest BCUT2D eigenvalue weighted by atomic mass is 35.5. The summed E-state index contributed by atoms with van der Waals surface area (Å²) < 4.78 is 5.77. The molecule has 5 rings (SSSR count). The van der Waals surface area contributed by atoms with Gasteiger partial charge in [-0.1, -0.05) is 46.9 Å². The summed E-state index contributed by atoms with van der Waals surface area (Å²) >= 11 is 19.2. The lowest BCUT2D eigenvalue weighted by molar-refractivity contribution is -0.117. The second-order valence-electron chi connectivity index (χ2n) is 9.77. The third kappa shape index (κ3) is 6.30. The third-order valence-corrected chi connectivity index (χ3v) is 7.99. The second-order valence-corrected chi connectivity index (χ2v) is 11.0. The van der Waals surface area contributed by atoms with Crippen molar-refractivity contribution >= 4 is 63.8 Å². The Labute approximate surface area is 242 Å². The molecule has 8 nitrogen and oxygen atoms in total. The maximum absolute atomic E-state index is 13.1. The summed E-state index contributed by atoms with van der Waals surface area (Å²) in [5.74, 6) is 0.750. The Hall–Kier alpha value is -2.91. The van der Waals surface area contributed by atoms with Crippen LogP contribution in [0.25, 0.3) is 0 Å². The highest BCUT2D eigenvalue weighted by molar-refractivity contribution is 6.40. The zero-order valence-corrected chi connectivity index (χ0v) is 23.7. The van der Waals surface area contributed by atoms with Gasteiger partial charge in [0.05, 0.1) is 15.7 Å². The molecule has 2 aromatic carbocycles. The second kappa shape index (κ2) is 12.1. The summed E-state index contributed by atoms with van der Waals surface area (Å²) in [6.07, 6.45) is 5.04. The van der Waals surface area contributed by atoms with E-state index < -0.39 is 0 Å². The molecule has 0 radical (unpaired) electrons. The number of amides is 1. The number of halogens is 3. The highest BCUT2D eigenvalue weighted by Gasteiger charge is 2.31. The summed E-state index contributed by atoms with van der Waals surface area (Å²) in [5.41, 5.74) is 2.46. The molecule has 0 atom stereocenters. The van der Waals surface area contributed by atoms with Crippen LogP contribution < -0.4 is 15.0 Å². The molecule has 11 heteroatoms. The Morgan fingerprint density at radius 2 is 1.85 bits per heavy atom. The van der Waals surface area contributed by atoms with Crippen LogP contribution in [0, 0.1) is 0 Å². The van der Waals surface area contributed by atoms with Gasteiger partial charge in [0, 0.05) is 23.3 Å². The predicted octanol–water partition coefficient (Wildman–Crippen LogP) is 6.73. The molecule has 1 amide bonds. The fourth-order valence-electron chi connectivity index (χ4n) is 5.01. The van der Waals surface area contributed by atoms with E-state index in [9.17, 15) is 9.59 Å².